The van der Waals surface area contributed by atoms with Crippen molar-refractivity contribution < 1.29 is 14.1 Å². The summed E-state index contributed by atoms with van der Waals surface area (Å²) in [6.45, 7) is 4.60. The van der Waals surface area contributed by atoms with E-state index >= 15 is 0 Å². The summed E-state index contributed by atoms with van der Waals surface area (Å²) in [7, 11) is 4.01. The molecule has 0 spiro atoms. The van der Waals surface area contributed by atoms with Crippen LogP contribution in [0.25, 0.3) is 0 Å². The highest BCUT2D eigenvalue weighted by atomic mass is 35.5. The van der Waals surface area contributed by atoms with E-state index in [0.29, 0.717) is 17.3 Å². The number of rotatable bonds is 4. The molecule has 1 aromatic carbocycles. The van der Waals surface area contributed by atoms with Crippen molar-refractivity contribution in [1.82, 2.24) is 10.9 Å². The summed E-state index contributed by atoms with van der Waals surface area (Å²) in [6.07, 6.45) is 0. The first-order chi connectivity index (χ1) is 11.8. The second-order valence-corrected chi connectivity index (χ2v) is 6.94. The van der Waals surface area contributed by atoms with Crippen LogP contribution in [0, 0.1) is 13.8 Å². The van der Waals surface area contributed by atoms with E-state index in [-0.39, 0.29) is 10.9 Å². The molecule has 0 bridgehead atoms. The zero-order valence-electron chi connectivity index (χ0n) is 14.6. The normalized spacial score (nSPS) is 10.6. The Hall–Kier alpha value is -2.09. The summed E-state index contributed by atoms with van der Waals surface area (Å²) < 4.78 is 5.50. The van der Waals surface area contributed by atoms with Crippen molar-refractivity contribution in [3.05, 3.63) is 51.9 Å². The lowest BCUT2D eigenvalue weighted by Gasteiger charge is -2.14. The van der Waals surface area contributed by atoms with Crippen LogP contribution in [0.2, 0.25) is 5.02 Å². The summed E-state index contributed by atoms with van der Waals surface area (Å²) in [4.78, 5) is 13.3. The Labute approximate surface area is 157 Å². The van der Waals surface area contributed by atoms with Gasteiger partial charge >= 0.3 is 5.91 Å². The molecule has 0 aliphatic carbocycles. The van der Waals surface area contributed by atoms with Gasteiger partial charge in [-0.3, -0.25) is 15.6 Å². The van der Waals surface area contributed by atoms with Gasteiger partial charge in [-0.15, -0.1) is 0 Å². The third kappa shape index (κ3) is 5.45. The number of benzene rings is 1. The highest BCUT2D eigenvalue weighted by molar-refractivity contribution is 7.80. The number of hydrogen-bond donors (Lipinski definition) is 4. The fourth-order valence-electron chi connectivity index (χ4n) is 2.34. The molecular weight excluding hydrogens is 360 g/mol. The molecule has 8 heteroatoms. The average Bonchev–Trinajstić information content (AvgIpc) is 2.96. The number of quaternary nitrogens is 1. The molecule has 6 nitrogen and oxygen atoms in total. The lowest BCUT2D eigenvalue weighted by atomic mass is 10.1. The Morgan fingerprint density at radius 2 is 1.96 bits per heavy atom. The molecule has 25 heavy (non-hydrogen) atoms. The Morgan fingerprint density at radius 3 is 2.60 bits per heavy atom. The summed E-state index contributed by atoms with van der Waals surface area (Å²) in [6, 6.07) is 7.25. The maximum Gasteiger partial charge on any atom is 0.305 e. The summed E-state index contributed by atoms with van der Waals surface area (Å²) in [5.74, 6) is 0.555. The minimum atomic E-state index is -0.407. The summed E-state index contributed by atoms with van der Waals surface area (Å²) in [5, 5.41) is 3.78. The van der Waals surface area contributed by atoms with Gasteiger partial charge in [0.2, 0.25) is 0 Å². The van der Waals surface area contributed by atoms with Crippen LogP contribution in [0.5, 0.6) is 0 Å². The Balaban J connectivity index is 1.91. The number of carbonyl (C=O) groups is 1. The Bertz CT molecular complexity index is 766. The number of halogens is 1. The number of nitrogens with one attached hydrogen (secondary N) is 4. The van der Waals surface area contributed by atoms with E-state index < -0.39 is 5.91 Å². The van der Waals surface area contributed by atoms with Crippen molar-refractivity contribution in [3.63, 3.8) is 0 Å². The monoisotopic (exact) mass is 381 g/mol. The maximum atomic E-state index is 12.1. The van der Waals surface area contributed by atoms with Gasteiger partial charge < -0.3 is 14.6 Å². The summed E-state index contributed by atoms with van der Waals surface area (Å²) in [5.41, 5.74) is 7.87. The molecule has 0 fully saturated rings. The first kappa shape index (κ1) is 19.2. The number of amides is 1. The first-order valence-electron chi connectivity index (χ1n) is 7.78. The quantitative estimate of drug-likeness (QED) is 0.480. The van der Waals surface area contributed by atoms with Gasteiger partial charge in [-0.05, 0) is 55.4 Å². The zero-order valence-corrected chi connectivity index (χ0v) is 16.2. The SMILES string of the molecule is Cc1cc(C)c(NC(=S)NNC(=O)c2ccc(C[NH+](C)C)o2)c(Cl)c1. The van der Waals surface area contributed by atoms with Crippen LogP contribution in [-0.2, 0) is 6.54 Å². The summed E-state index contributed by atoms with van der Waals surface area (Å²) >= 11 is 11.4. The van der Waals surface area contributed by atoms with Gasteiger partial charge in [0.05, 0.1) is 24.8 Å². The van der Waals surface area contributed by atoms with E-state index in [2.05, 4.69) is 16.2 Å². The van der Waals surface area contributed by atoms with Crippen LogP contribution in [0.15, 0.2) is 28.7 Å². The first-order valence-corrected chi connectivity index (χ1v) is 8.56. The molecule has 0 radical (unpaired) electrons. The van der Waals surface area contributed by atoms with Crippen molar-refractivity contribution in [1.29, 1.82) is 0 Å². The number of anilines is 1. The molecule has 134 valence electrons. The second-order valence-electron chi connectivity index (χ2n) is 6.12. The van der Waals surface area contributed by atoms with E-state index in [0.717, 1.165) is 16.9 Å². The van der Waals surface area contributed by atoms with Crippen LogP contribution in [0.4, 0.5) is 5.69 Å². The topological polar surface area (TPSA) is 70.7 Å². The van der Waals surface area contributed by atoms with Crippen LogP contribution in [0.1, 0.15) is 27.4 Å². The lowest BCUT2D eigenvalue weighted by Crippen LogP contribution is -3.04. The number of furan rings is 1. The third-order valence-corrected chi connectivity index (χ3v) is 3.88. The van der Waals surface area contributed by atoms with Gasteiger partial charge in [0.25, 0.3) is 0 Å². The van der Waals surface area contributed by atoms with E-state index in [4.69, 9.17) is 28.2 Å². The van der Waals surface area contributed by atoms with Crippen molar-refractivity contribution >= 4 is 40.5 Å². The van der Waals surface area contributed by atoms with Crippen molar-refractivity contribution in [2.75, 3.05) is 19.4 Å². The van der Waals surface area contributed by atoms with Gasteiger partial charge in [-0.2, -0.15) is 0 Å². The molecule has 1 heterocycles. The maximum absolute atomic E-state index is 12.1. The van der Waals surface area contributed by atoms with Gasteiger partial charge in [0, 0.05) is 0 Å². The van der Waals surface area contributed by atoms with E-state index in [9.17, 15) is 4.79 Å². The molecule has 2 rings (SSSR count). The van der Waals surface area contributed by atoms with E-state index in [1.807, 2.05) is 40.1 Å². The second kappa shape index (κ2) is 8.33. The lowest BCUT2D eigenvalue weighted by molar-refractivity contribution is -0.873. The molecule has 4 N–H and O–H groups in total. The van der Waals surface area contributed by atoms with E-state index in [1.165, 1.54) is 4.90 Å². The smallest absolute Gasteiger partial charge is 0.305 e. The molecule has 0 saturated carbocycles. The van der Waals surface area contributed by atoms with Crippen molar-refractivity contribution in [3.8, 4) is 0 Å². The highest BCUT2D eigenvalue weighted by Gasteiger charge is 2.13. The minimum Gasteiger partial charge on any atom is -0.450 e. The van der Waals surface area contributed by atoms with Crippen LogP contribution in [0.3, 0.4) is 0 Å². The predicted molar refractivity (Wildman–Crippen MR) is 103 cm³/mol. The number of carbonyl (C=O) groups excluding carboxylic acids is 1. The van der Waals surface area contributed by atoms with Crippen LogP contribution in [-0.4, -0.2) is 25.1 Å². The Kier molecular flexibility index (Phi) is 6.41. The predicted octanol–water partition coefficient (Wildman–Crippen LogP) is 1.83. The zero-order chi connectivity index (χ0) is 18.6. The molecular formula is C17H22ClN4O2S+. The molecule has 2 aromatic rings. The third-order valence-electron chi connectivity index (χ3n) is 3.37. The van der Waals surface area contributed by atoms with Gasteiger partial charge in [0.1, 0.15) is 6.54 Å². The van der Waals surface area contributed by atoms with E-state index in [1.54, 1.807) is 12.1 Å². The highest BCUT2D eigenvalue weighted by Crippen LogP contribution is 2.27. The van der Waals surface area contributed by atoms with Gasteiger partial charge in [-0.25, -0.2) is 0 Å². The molecule has 0 unspecified atom stereocenters. The number of hydrogen-bond acceptors (Lipinski definition) is 3. The van der Waals surface area contributed by atoms with Crippen molar-refractivity contribution in [2.24, 2.45) is 0 Å². The molecule has 0 aliphatic heterocycles. The number of aryl methyl sites for hydroxylation is 2. The molecule has 0 aliphatic rings. The minimum absolute atomic E-state index is 0.219. The van der Waals surface area contributed by atoms with Crippen LogP contribution >= 0.6 is 23.8 Å². The van der Waals surface area contributed by atoms with Crippen molar-refractivity contribution in [2.45, 2.75) is 20.4 Å². The van der Waals surface area contributed by atoms with Crippen LogP contribution < -0.4 is 21.1 Å². The fourth-order valence-corrected chi connectivity index (χ4v) is 2.86. The number of hydrazine groups is 1. The number of thiocarbonyl (C=S) groups is 1. The van der Waals surface area contributed by atoms with Gasteiger partial charge in [0.15, 0.2) is 16.6 Å². The largest absolute Gasteiger partial charge is 0.450 e. The van der Waals surface area contributed by atoms with Gasteiger partial charge in [-0.1, -0.05) is 17.7 Å². The molecule has 1 amide bonds. The standard InChI is InChI=1S/C17H21ClN4O2S/c1-10-7-11(2)15(13(18)8-10)19-17(25)21-20-16(23)14-6-5-12(24-14)9-22(3)4/h5-8H,9H2,1-4H3,(H,20,23)(H2,19,21,25)/p+1. The molecule has 0 atom stereocenters. The Morgan fingerprint density at radius 1 is 1.24 bits per heavy atom. The molecule has 0 saturated heterocycles. The fraction of sp³-hybridized carbons (Fsp3) is 0.294. The average molecular weight is 382 g/mol. The molecule has 1 aromatic heterocycles.